The van der Waals surface area contributed by atoms with E-state index in [1.54, 1.807) is 0 Å². The molecular weight excluding hydrogens is 276 g/mol. The minimum absolute atomic E-state index is 0.208. The van der Waals surface area contributed by atoms with Crippen molar-refractivity contribution >= 4 is 5.69 Å². The quantitative estimate of drug-likeness (QED) is 0.940. The number of ether oxygens (including phenoxy) is 1. The van der Waals surface area contributed by atoms with Crippen LogP contribution in [0.3, 0.4) is 0 Å². The molecule has 5 nitrogen and oxygen atoms in total. The molecular formula is C17H24N4O. The lowest BCUT2D eigenvalue weighted by molar-refractivity contribution is 0.0657. The van der Waals surface area contributed by atoms with E-state index in [1.165, 1.54) is 16.8 Å². The molecule has 1 N–H and O–H groups in total. The second kappa shape index (κ2) is 6.48. The summed E-state index contributed by atoms with van der Waals surface area (Å²) in [5.74, 6) is 0. The van der Waals surface area contributed by atoms with Gasteiger partial charge in [-0.25, -0.2) is 0 Å². The Labute approximate surface area is 131 Å². The molecule has 0 aromatic carbocycles. The summed E-state index contributed by atoms with van der Waals surface area (Å²) >= 11 is 0. The zero-order chi connectivity index (χ0) is 15.5. The van der Waals surface area contributed by atoms with Crippen molar-refractivity contribution in [1.29, 1.82) is 0 Å². The van der Waals surface area contributed by atoms with Gasteiger partial charge in [-0.1, -0.05) is 0 Å². The van der Waals surface area contributed by atoms with Crippen LogP contribution in [0.5, 0.6) is 0 Å². The average Bonchev–Trinajstić information content (AvgIpc) is 2.89. The maximum atomic E-state index is 5.44. The molecule has 0 spiro atoms. The number of aryl methyl sites for hydroxylation is 1. The van der Waals surface area contributed by atoms with Crippen molar-refractivity contribution in [1.82, 2.24) is 14.8 Å². The van der Waals surface area contributed by atoms with Gasteiger partial charge in [-0.3, -0.25) is 9.67 Å². The third kappa shape index (κ3) is 2.99. The molecule has 3 heterocycles. The van der Waals surface area contributed by atoms with Crippen molar-refractivity contribution in [2.45, 2.75) is 45.7 Å². The van der Waals surface area contributed by atoms with Gasteiger partial charge in [0.1, 0.15) is 0 Å². The Hall–Kier alpha value is -1.88. The van der Waals surface area contributed by atoms with Crippen LogP contribution >= 0.6 is 0 Å². The second-order valence-corrected chi connectivity index (χ2v) is 6.03. The smallest absolute Gasteiger partial charge is 0.0761 e. The van der Waals surface area contributed by atoms with Crippen molar-refractivity contribution in [2.24, 2.45) is 0 Å². The zero-order valence-electron chi connectivity index (χ0n) is 13.5. The maximum absolute atomic E-state index is 5.44. The van der Waals surface area contributed by atoms with Crippen molar-refractivity contribution in [3.63, 3.8) is 0 Å². The summed E-state index contributed by atoms with van der Waals surface area (Å²) in [6.45, 7) is 8.08. The van der Waals surface area contributed by atoms with Crippen molar-refractivity contribution in [2.75, 3.05) is 18.5 Å². The van der Waals surface area contributed by atoms with Crippen molar-refractivity contribution < 1.29 is 4.74 Å². The summed E-state index contributed by atoms with van der Waals surface area (Å²) in [7, 11) is 0. The third-order valence-corrected chi connectivity index (χ3v) is 4.50. The van der Waals surface area contributed by atoms with Crippen LogP contribution in [-0.2, 0) is 4.74 Å². The lowest BCUT2D eigenvalue weighted by Crippen LogP contribution is -2.21. The SMILES string of the molecule is Cc1ccncc1C(C)Nc1cnn(C2CCOCC2)c1C. The Morgan fingerprint density at radius 2 is 2.05 bits per heavy atom. The number of pyridine rings is 1. The van der Waals surface area contributed by atoms with E-state index in [0.29, 0.717) is 6.04 Å². The summed E-state index contributed by atoms with van der Waals surface area (Å²) in [6, 6.07) is 2.71. The summed E-state index contributed by atoms with van der Waals surface area (Å²) in [6.07, 6.45) is 7.79. The average molecular weight is 300 g/mol. The molecule has 1 fully saturated rings. The van der Waals surface area contributed by atoms with Gasteiger partial charge in [0.25, 0.3) is 0 Å². The van der Waals surface area contributed by atoms with Crippen LogP contribution in [0.25, 0.3) is 0 Å². The Balaban J connectivity index is 1.76. The highest BCUT2D eigenvalue weighted by Gasteiger charge is 2.20. The maximum Gasteiger partial charge on any atom is 0.0761 e. The highest BCUT2D eigenvalue weighted by Crippen LogP contribution is 2.28. The lowest BCUT2D eigenvalue weighted by atomic mass is 10.1. The molecule has 1 saturated heterocycles. The number of anilines is 1. The molecule has 22 heavy (non-hydrogen) atoms. The number of nitrogens with one attached hydrogen (secondary N) is 1. The Morgan fingerprint density at radius 1 is 1.27 bits per heavy atom. The first-order chi connectivity index (χ1) is 10.7. The van der Waals surface area contributed by atoms with Crippen molar-refractivity contribution in [3.8, 4) is 0 Å². The van der Waals surface area contributed by atoms with E-state index in [4.69, 9.17) is 4.74 Å². The predicted molar refractivity (Wildman–Crippen MR) is 87.1 cm³/mol. The zero-order valence-corrected chi connectivity index (χ0v) is 13.5. The molecule has 1 atom stereocenters. The minimum Gasteiger partial charge on any atom is -0.381 e. The van der Waals surface area contributed by atoms with Gasteiger partial charge in [0.2, 0.25) is 0 Å². The molecule has 3 rings (SSSR count). The van der Waals surface area contributed by atoms with E-state index < -0.39 is 0 Å². The molecule has 0 amide bonds. The molecule has 0 aliphatic carbocycles. The normalized spacial score (nSPS) is 17.4. The van der Waals surface area contributed by atoms with Crippen LogP contribution in [0, 0.1) is 13.8 Å². The highest BCUT2D eigenvalue weighted by atomic mass is 16.5. The molecule has 5 heteroatoms. The van der Waals surface area contributed by atoms with E-state index in [-0.39, 0.29) is 6.04 Å². The second-order valence-electron chi connectivity index (χ2n) is 6.03. The van der Waals surface area contributed by atoms with E-state index >= 15 is 0 Å². The molecule has 2 aromatic heterocycles. The highest BCUT2D eigenvalue weighted by molar-refractivity contribution is 5.48. The van der Waals surface area contributed by atoms with Gasteiger partial charge < -0.3 is 10.1 Å². The van der Waals surface area contributed by atoms with Gasteiger partial charge in [-0.05, 0) is 50.8 Å². The van der Waals surface area contributed by atoms with Crippen LogP contribution in [0.4, 0.5) is 5.69 Å². The first-order valence-corrected chi connectivity index (χ1v) is 7.95. The number of rotatable bonds is 4. The van der Waals surface area contributed by atoms with Crippen LogP contribution in [-0.4, -0.2) is 28.0 Å². The van der Waals surface area contributed by atoms with Crippen LogP contribution in [0.2, 0.25) is 0 Å². The van der Waals surface area contributed by atoms with E-state index in [1.807, 2.05) is 24.7 Å². The molecule has 1 unspecified atom stereocenters. The molecule has 0 saturated carbocycles. The molecule has 1 aliphatic heterocycles. The standard InChI is InChI=1S/C17H24N4O/c1-12-4-7-18-10-16(12)13(2)20-17-11-19-21(14(17)3)15-5-8-22-9-6-15/h4,7,10-11,13,15,20H,5-6,8-9H2,1-3H3. The minimum atomic E-state index is 0.208. The van der Waals surface area contributed by atoms with E-state index in [9.17, 15) is 0 Å². The molecule has 1 aliphatic rings. The third-order valence-electron chi connectivity index (χ3n) is 4.50. The largest absolute Gasteiger partial charge is 0.381 e. The van der Waals surface area contributed by atoms with E-state index in [2.05, 4.69) is 40.9 Å². The first-order valence-electron chi connectivity index (χ1n) is 7.95. The van der Waals surface area contributed by atoms with Gasteiger partial charge in [0, 0.05) is 25.6 Å². The summed E-state index contributed by atoms with van der Waals surface area (Å²) in [5.41, 5.74) is 4.77. The van der Waals surface area contributed by atoms with Crippen molar-refractivity contribution in [3.05, 3.63) is 41.5 Å². The fourth-order valence-corrected chi connectivity index (χ4v) is 3.10. The summed E-state index contributed by atoms with van der Waals surface area (Å²) < 4.78 is 7.59. The lowest BCUT2D eigenvalue weighted by Gasteiger charge is -2.24. The number of nitrogens with zero attached hydrogens (tertiary/aromatic N) is 3. The van der Waals surface area contributed by atoms with Crippen LogP contribution < -0.4 is 5.32 Å². The number of hydrogen-bond donors (Lipinski definition) is 1. The van der Waals surface area contributed by atoms with E-state index in [0.717, 1.165) is 31.7 Å². The predicted octanol–water partition coefficient (Wildman–Crippen LogP) is 3.42. The molecule has 0 radical (unpaired) electrons. The molecule has 118 valence electrons. The van der Waals surface area contributed by atoms with Gasteiger partial charge in [0.15, 0.2) is 0 Å². The fourth-order valence-electron chi connectivity index (χ4n) is 3.10. The van der Waals surface area contributed by atoms with Gasteiger partial charge in [-0.15, -0.1) is 0 Å². The fraction of sp³-hybridized carbons (Fsp3) is 0.529. The molecule has 2 aromatic rings. The number of aromatic nitrogens is 3. The van der Waals surface area contributed by atoms with Gasteiger partial charge in [0.05, 0.1) is 29.7 Å². The van der Waals surface area contributed by atoms with Gasteiger partial charge >= 0.3 is 0 Å². The Morgan fingerprint density at radius 3 is 2.77 bits per heavy atom. The van der Waals surface area contributed by atoms with Crippen LogP contribution in [0.1, 0.15) is 48.7 Å². The Bertz CT molecular complexity index is 631. The Kier molecular flexibility index (Phi) is 4.43. The first kappa shape index (κ1) is 15.0. The topological polar surface area (TPSA) is 52.0 Å². The van der Waals surface area contributed by atoms with Gasteiger partial charge in [-0.2, -0.15) is 5.10 Å². The summed E-state index contributed by atoms with van der Waals surface area (Å²) in [4.78, 5) is 4.23. The number of hydrogen-bond acceptors (Lipinski definition) is 4. The molecule has 0 bridgehead atoms. The summed E-state index contributed by atoms with van der Waals surface area (Å²) in [5, 5.41) is 8.16. The van der Waals surface area contributed by atoms with Crippen LogP contribution in [0.15, 0.2) is 24.7 Å². The monoisotopic (exact) mass is 300 g/mol.